The Balaban J connectivity index is 2.82. The number of rotatable bonds is 5. The quantitative estimate of drug-likeness (QED) is 0.852. The van der Waals surface area contributed by atoms with E-state index in [1.807, 2.05) is 18.9 Å². The molecule has 0 aliphatic heterocycles. The normalized spacial score (nSPS) is 12.5. The van der Waals surface area contributed by atoms with Crippen molar-refractivity contribution in [2.45, 2.75) is 27.2 Å². The average Bonchev–Trinajstić information content (AvgIpc) is 2.64. The van der Waals surface area contributed by atoms with E-state index in [2.05, 4.69) is 13.8 Å². The topological polar surface area (TPSA) is 51.3 Å². The molecule has 0 aliphatic rings. The standard InChI is InChI=1S/C13H23N3O/c1-5-10(3)8-16(6-2)13(17)12-7-11(14)9-15(12)4/h7,9-10H,5-6,8,14H2,1-4H3. The molecule has 1 unspecified atom stereocenters. The van der Waals surface area contributed by atoms with E-state index in [-0.39, 0.29) is 5.91 Å². The van der Waals surface area contributed by atoms with Gasteiger partial charge < -0.3 is 15.2 Å². The van der Waals surface area contributed by atoms with Gasteiger partial charge in [-0.05, 0) is 18.9 Å². The summed E-state index contributed by atoms with van der Waals surface area (Å²) in [4.78, 5) is 14.2. The number of amides is 1. The molecule has 0 spiro atoms. The predicted molar refractivity (Wildman–Crippen MR) is 70.9 cm³/mol. The van der Waals surface area contributed by atoms with E-state index in [0.29, 0.717) is 17.3 Å². The fourth-order valence-electron chi connectivity index (χ4n) is 1.83. The highest BCUT2D eigenvalue weighted by Crippen LogP contribution is 2.13. The molecule has 2 N–H and O–H groups in total. The lowest BCUT2D eigenvalue weighted by molar-refractivity contribution is 0.0731. The van der Waals surface area contributed by atoms with Crippen LogP contribution in [0.1, 0.15) is 37.7 Å². The number of aryl methyl sites for hydroxylation is 1. The number of carbonyl (C=O) groups is 1. The first-order valence-electron chi connectivity index (χ1n) is 6.20. The molecule has 0 bridgehead atoms. The second-order valence-corrected chi connectivity index (χ2v) is 4.63. The number of carbonyl (C=O) groups excluding carboxylic acids is 1. The average molecular weight is 237 g/mol. The monoisotopic (exact) mass is 237 g/mol. The van der Waals surface area contributed by atoms with Crippen LogP contribution in [0, 0.1) is 5.92 Å². The fourth-order valence-corrected chi connectivity index (χ4v) is 1.83. The molecular weight excluding hydrogens is 214 g/mol. The zero-order chi connectivity index (χ0) is 13.0. The van der Waals surface area contributed by atoms with E-state index in [4.69, 9.17) is 5.73 Å². The van der Waals surface area contributed by atoms with Gasteiger partial charge in [0.2, 0.25) is 0 Å². The van der Waals surface area contributed by atoms with Gasteiger partial charge in [0, 0.05) is 26.3 Å². The smallest absolute Gasteiger partial charge is 0.270 e. The van der Waals surface area contributed by atoms with Gasteiger partial charge >= 0.3 is 0 Å². The maximum atomic E-state index is 12.3. The molecule has 1 atom stereocenters. The van der Waals surface area contributed by atoms with Gasteiger partial charge in [-0.15, -0.1) is 0 Å². The van der Waals surface area contributed by atoms with Crippen molar-refractivity contribution in [3.05, 3.63) is 18.0 Å². The first-order valence-corrected chi connectivity index (χ1v) is 6.20. The van der Waals surface area contributed by atoms with Crippen LogP contribution in [0.2, 0.25) is 0 Å². The number of aromatic nitrogens is 1. The number of hydrogen-bond acceptors (Lipinski definition) is 2. The molecule has 1 heterocycles. The lowest BCUT2D eigenvalue weighted by Crippen LogP contribution is -2.35. The van der Waals surface area contributed by atoms with Gasteiger partial charge in [0.25, 0.3) is 5.91 Å². The maximum absolute atomic E-state index is 12.3. The number of nitrogen functional groups attached to an aromatic ring is 1. The van der Waals surface area contributed by atoms with E-state index < -0.39 is 0 Å². The van der Waals surface area contributed by atoms with Gasteiger partial charge in [0.05, 0.1) is 5.69 Å². The van der Waals surface area contributed by atoms with Crippen LogP contribution in [0.15, 0.2) is 12.3 Å². The molecule has 1 rings (SSSR count). The van der Waals surface area contributed by atoms with Gasteiger partial charge in [-0.25, -0.2) is 0 Å². The van der Waals surface area contributed by atoms with Crippen molar-refractivity contribution in [2.24, 2.45) is 13.0 Å². The van der Waals surface area contributed by atoms with Crippen LogP contribution in [0.25, 0.3) is 0 Å². The molecule has 4 heteroatoms. The minimum atomic E-state index is 0.0620. The van der Waals surface area contributed by atoms with E-state index in [1.54, 1.807) is 16.8 Å². The summed E-state index contributed by atoms with van der Waals surface area (Å²) in [5.74, 6) is 0.587. The Labute approximate surface area is 103 Å². The summed E-state index contributed by atoms with van der Waals surface area (Å²) in [6.07, 6.45) is 2.85. The van der Waals surface area contributed by atoms with Crippen molar-refractivity contribution < 1.29 is 4.79 Å². The number of hydrogen-bond donors (Lipinski definition) is 1. The summed E-state index contributed by atoms with van der Waals surface area (Å²) in [6, 6.07) is 1.74. The Hall–Kier alpha value is -1.45. The van der Waals surface area contributed by atoms with E-state index in [9.17, 15) is 4.79 Å². The van der Waals surface area contributed by atoms with Gasteiger partial charge in [0.1, 0.15) is 5.69 Å². The lowest BCUT2D eigenvalue weighted by atomic mass is 10.1. The minimum Gasteiger partial charge on any atom is -0.397 e. The molecule has 1 aromatic rings. The molecule has 0 aromatic carbocycles. The highest BCUT2D eigenvalue weighted by atomic mass is 16.2. The van der Waals surface area contributed by atoms with Crippen molar-refractivity contribution >= 4 is 11.6 Å². The van der Waals surface area contributed by atoms with E-state index >= 15 is 0 Å². The Morgan fingerprint density at radius 3 is 2.59 bits per heavy atom. The van der Waals surface area contributed by atoms with Crippen LogP contribution in [-0.4, -0.2) is 28.5 Å². The molecule has 0 saturated carbocycles. The zero-order valence-electron chi connectivity index (χ0n) is 11.2. The number of nitrogens with zero attached hydrogens (tertiary/aromatic N) is 2. The summed E-state index contributed by atoms with van der Waals surface area (Å²) >= 11 is 0. The summed E-state index contributed by atoms with van der Waals surface area (Å²) < 4.78 is 1.79. The molecule has 96 valence electrons. The van der Waals surface area contributed by atoms with Crippen LogP contribution in [0.5, 0.6) is 0 Å². The van der Waals surface area contributed by atoms with Gasteiger partial charge in [-0.2, -0.15) is 0 Å². The highest BCUT2D eigenvalue weighted by Gasteiger charge is 2.18. The summed E-state index contributed by atoms with van der Waals surface area (Å²) in [5, 5.41) is 0. The van der Waals surface area contributed by atoms with Crippen LogP contribution in [-0.2, 0) is 7.05 Å². The van der Waals surface area contributed by atoms with Crippen molar-refractivity contribution in [3.63, 3.8) is 0 Å². The van der Waals surface area contributed by atoms with Crippen LogP contribution < -0.4 is 5.73 Å². The van der Waals surface area contributed by atoms with Crippen molar-refractivity contribution in [2.75, 3.05) is 18.8 Å². The van der Waals surface area contributed by atoms with Gasteiger partial charge in [-0.1, -0.05) is 20.3 Å². The third kappa shape index (κ3) is 3.25. The minimum absolute atomic E-state index is 0.0620. The first kappa shape index (κ1) is 13.6. The SMILES string of the molecule is CCC(C)CN(CC)C(=O)c1cc(N)cn1C. The van der Waals surface area contributed by atoms with Gasteiger partial charge in [-0.3, -0.25) is 4.79 Å². The second kappa shape index (κ2) is 5.75. The Morgan fingerprint density at radius 2 is 2.18 bits per heavy atom. The molecule has 1 amide bonds. The molecule has 0 radical (unpaired) electrons. The van der Waals surface area contributed by atoms with Crippen molar-refractivity contribution in [3.8, 4) is 0 Å². The molecule has 17 heavy (non-hydrogen) atoms. The molecule has 0 saturated heterocycles. The molecule has 0 fully saturated rings. The van der Waals surface area contributed by atoms with Crippen LogP contribution in [0.4, 0.5) is 5.69 Å². The number of nitrogens with two attached hydrogens (primary N) is 1. The lowest BCUT2D eigenvalue weighted by Gasteiger charge is -2.24. The largest absolute Gasteiger partial charge is 0.397 e. The van der Waals surface area contributed by atoms with Crippen LogP contribution >= 0.6 is 0 Å². The first-order chi connectivity index (χ1) is 7.99. The Kier molecular flexibility index (Phi) is 4.61. The summed E-state index contributed by atoms with van der Waals surface area (Å²) in [6.45, 7) is 7.84. The van der Waals surface area contributed by atoms with E-state index in [1.165, 1.54) is 0 Å². The zero-order valence-corrected chi connectivity index (χ0v) is 11.2. The molecule has 4 nitrogen and oxygen atoms in total. The fraction of sp³-hybridized carbons (Fsp3) is 0.615. The highest BCUT2D eigenvalue weighted by molar-refractivity contribution is 5.93. The Bertz CT molecular complexity index is 384. The molecule has 1 aromatic heterocycles. The van der Waals surface area contributed by atoms with Gasteiger partial charge in [0.15, 0.2) is 0 Å². The predicted octanol–water partition coefficient (Wildman–Crippen LogP) is 2.12. The molecular formula is C13H23N3O. The van der Waals surface area contributed by atoms with Crippen LogP contribution in [0.3, 0.4) is 0 Å². The second-order valence-electron chi connectivity index (χ2n) is 4.63. The van der Waals surface area contributed by atoms with Crippen molar-refractivity contribution in [1.29, 1.82) is 0 Å². The maximum Gasteiger partial charge on any atom is 0.270 e. The number of anilines is 1. The van der Waals surface area contributed by atoms with Crippen molar-refractivity contribution in [1.82, 2.24) is 9.47 Å². The third-order valence-corrected chi connectivity index (χ3v) is 3.14. The summed E-state index contributed by atoms with van der Waals surface area (Å²) in [5.41, 5.74) is 6.99. The third-order valence-electron chi connectivity index (χ3n) is 3.14. The Morgan fingerprint density at radius 1 is 1.53 bits per heavy atom. The molecule has 0 aliphatic carbocycles. The summed E-state index contributed by atoms with van der Waals surface area (Å²) in [7, 11) is 1.85. The van der Waals surface area contributed by atoms with E-state index in [0.717, 1.165) is 19.5 Å².